The molecule has 14 heavy (non-hydrogen) atoms. The summed E-state index contributed by atoms with van der Waals surface area (Å²) in [5.74, 6) is 6.07. The van der Waals surface area contributed by atoms with Gasteiger partial charge in [0.25, 0.3) is 0 Å². The number of phenolic OH excluding ortho intramolecular Hbond substituents is 1. The highest BCUT2D eigenvalue weighted by molar-refractivity contribution is 5.34. The monoisotopic (exact) mass is 189 g/mol. The van der Waals surface area contributed by atoms with Gasteiger partial charge in [-0.25, -0.2) is 0 Å². The van der Waals surface area contributed by atoms with Crippen molar-refractivity contribution in [1.82, 2.24) is 5.32 Å². The van der Waals surface area contributed by atoms with Crippen molar-refractivity contribution in [2.24, 2.45) is 0 Å². The van der Waals surface area contributed by atoms with Crippen molar-refractivity contribution in [3.05, 3.63) is 29.8 Å². The van der Waals surface area contributed by atoms with Gasteiger partial charge in [0.05, 0.1) is 6.54 Å². The number of hydrogen-bond donors (Lipinski definition) is 2. The quantitative estimate of drug-likeness (QED) is 0.713. The zero-order valence-corrected chi connectivity index (χ0v) is 8.54. The molecule has 1 unspecified atom stereocenters. The molecule has 0 bridgehead atoms. The molecule has 0 aliphatic rings. The Labute approximate surface area is 85.0 Å². The fraction of sp³-hybridized carbons (Fsp3) is 0.333. The van der Waals surface area contributed by atoms with E-state index in [4.69, 9.17) is 0 Å². The molecule has 2 N–H and O–H groups in total. The Morgan fingerprint density at radius 3 is 2.79 bits per heavy atom. The lowest BCUT2D eigenvalue weighted by molar-refractivity contribution is 0.456. The molecule has 0 aromatic heterocycles. The van der Waals surface area contributed by atoms with Gasteiger partial charge in [-0.05, 0) is 19.9 Å². The Morgan fingerprint density at radius 2 is 2.14 bits per heavy atom. The van der Waals surface area contributed by atoms with E-state index < -0.39 is 0 Å². The van der Waals surface area contributed by atoms with Crippen LogP contribution in [0.3, 0.4) is 0 Å². The second kappa shape index (κ2) is 5.31. The Balaban J connectivity index is 2.63. The highest BCUT2D eigenvalue weighted by Gasteiger charge is 2.07. The summed E-state index contributed by atoms with van der Waals surface area (Å²) in [7, 11) is 0. The van der Waals surface area contributed by atoms with Gasteiger partial charge in [-0.15, -0.1) is 5.92 Å². The molecule has 0 fully saturated rings. The first-order valence-electron chi connectivity index (χ1n) is 4.66. The van der Waals surface area contributed by atoms with Gasteiger partial charge < -0.3 is 5.11 Å². The highest BCUT2D eigenvalue weighted by Crippen LogP contribution is 2.22. The van der Waals surface area contributed by atoms with E-state index >= 15 is 0 Å². The second-order valence-corrected chi connectivity index (χ2v) is 3.09. The molecule has 0 aliphatic heterocycles. The van der Waals surface area contributed by atoms with Crippen molar-refractivity contribution in [2.75, 3.05) is 6.54 Å². The summed E-state index contributed by atoms with van der Waals surface area (Å²) in [6, 6.07) is 7.46. The van der Waals surface area contributed by atoms with Gasteiger partial charge in [0.2, 0.25) is 0 Å². The molecule has 2 nitrogen and oxygen atoms in total. The summed E-state index contributed by atoms with van der Waals surface area (Å²) < 4.78 is 0. The van der Waals surface area contributed by atoms with Crippen LogP contribution in [0.5, 0.6) is 5.75 Å². The van der Waals surface area contributed by atoms with E-state index in [0.717, 1.165) is 5.56 Å². The maximum atomic E-state index is 9.56. The van der Waals surface area contributed by atoms with Gasteiger partial charge in [-0.2, -0.15) is 0 Å². The fourth-order valence-corrected chi connectivity index (χ4v) is 1.26. The average Bonchev–Trinajstić information content (AvgIpc) is 2.18. The van der Waals surface area contributed by atoms with E-state index in [0.29, 0.717) is 12.3 Å². The molecule has 0 radical (unpaired) electrons. The third-order valence-corrected chi connectivity index (χ3v) is 2.08. The molecule has 0 saturated carbocycles. The number of nitrogens with one attached hydrogen (secondary N) is 1. The minimum absolute atomic E-state index is 0.122. The summed E-state index contributed by atoms with van der Waals surface area (Å²) in [6.45, 7) is 4.46. The number of para-hydroxylation sites is 1. The fourth-order valence-electron chi connectivity index (χ4n) is 1.26. The summed E-state index contributed by atoms with van der Waals surface area (Å²) in [6.07, 6.45) is 0. The molecule has 1 rings (SSSR count). The number of hydrogen-bond acceptors (Lipinski definition) is 2. The van der Waals surface area contributed by atoms with Crippen LogP contribution in [0.25, 0.3) is 0 Å². The normalized spacial score (nSPS) is 11.6. The Bertz CT molecular complexity index is 349. The van der Waals surface area contributed by atoms with Gasteiger partial charge in [-0.3, -0.25) is 5.32 Å². The van der Waals surface area contributed by atoms with Crippen LogP contribution in [-0.4, -0.2) is 11.7 Å². The molecular weight excluding hydrogens is 174 g/mol. The van der Waals surface area contributed by atoms with Gasteiger partial charge in [0.1, 0.15) is 5.75 Å². The summed E-state index contributed by atoms with van der Waals surface area (Å²) in [5.41, 5.74) is 0.908. The second-order valence-electron chi connectivity index (χ2n) is 3.09. The van der Waals surface area contributed by atoms with Crippen LogP contribution in [0.15, 0.2) is 24.3 Å². The number of rotatable bonds is 3. The molecule has 1 atom stereocenters. The summed E-state index contributed by atoms with van der Waals surface area (Å²) in [5, 5.41) is 12.8. The van der Waals surface area contributed by atoms with Crippen LogP contribution in [0.1, 0.15) is 25.5 Å². The van der Waals surface area contributed by atoms with Crippen molar-refractivity contribution < 1.29 is 5.11 Å². The highest BCUT2D eigenvalue weighted by atomic mass is 16.3. The van der Waals surface area contributed by atoms with E-state index in [1.54, 1.807) is 6.07 Å². The zero-order valence-electron chi connectivity index (χ0n) is 8.54. The van der Waals surface area contributed by atoms with E-state index in [1.807, 2.05) is 32.0 Å². The first kappa shape index (κ1) is 10.6. The maximum Gasteiger partial charge on any atom is 0.120 e. The third-order valence-electron chi connectivity index (χ3n) is 2.08. The van der Waals surface area contributed by atoms with E-state index in [2.05, 4.69) is 17.2 Å². The lowest BCUT2D eigenvalue weighted by Gasteiger charge is -2.13. The predicted octanol–water partition coefficient (Wildman–Crippen LogP) is 2.07. The smallest absolute Gasteiger partial charge is 0.120 e. The molecule has 0 amide bonds. The van der Waals surface area contributed by atoms with Gasteiger partial charge in [0, 0.05) is 11.6 Å². The molecule has 0 aliphatic carbocycles. The van der Waals surface area contributed by atoms with Gasteiger partial charge in [-0.1, -0.05) is 24.1 Å². The first-order valence-corrected chi connectivity index (χ1v) is 4.66. The van der Waals surface area contributed by atoms with Crippen LogP contribution < -0.4 is 5.32 Å². The van der Waals surface area contributed by atoms with Crippen molar-refractivity contribution in [3.63, 3.8) is 0 Å². The predicted molar refractivity (Wildman–Crippen MR) is 58.0 cm³/mol. The molecule has 2 heteroatoms. The van der Waals surface area contributed by atoms with E-state index in [1.165, 1.54) is 0 Å². The van der Waals surface area contributed by atoms with Crippen LogP contribution in [0.4, 0.5) is 0 Å². The standard InChI is InChI=1S/C12H15NO/c1-3-4-9-13-10(2)11-7-5-6-8-12(11)14/h5-8,10,13-14H,9H2,1-2H3. The molecule has 0 heterocycles. The van der Waals surface area contributed by atoms with Crippen LogP contribution in [0.2, 0.25) is 0 Å². The molecule has 74 valence electrons. The van der Waals surface area contributed by atoms with Crippen molar-refractivity contribution in [1.29, 1.82) is 0 Å². The largest absolute Gasteiger partial charge is 0.508 e. The van der Waals surface area contributed by atoms with Gasteiger partial charge >= 0.3 is 0 Å². The Kier molecular flexibility index (Phi) is 4.03. The van der Waals surface area contributed by atoms with Crippen molar-refractivity contribution in [3.8, 4) is 17.6 Å². The van der Waals surface area contributed by atoms with Crippen molar-refractivity contribution in [2.45, 2.75) is 19.9 Å². The van der Waals surface area contributed by atoms with Gasteiger partial charge in [0.15, 0.2) is 0 Å². The molecule has 0 spiro atoms. The average molecular weight is 189 g/mol. The summed E-state index contributed by atoms with van der Waals surface area (Å²) in [4.78, 5) is 0. The van der Waals surface area contributed by atoms with Crippen LogP contribution >= 0.6 is 0 Å². The third kappa shape index (κ3) is 2.79. The topological polar surface area (TPSA) is 32.3 Å². The number of benzene rings is 1. The molecule has 1 aromatic rings. The van der Waals surface area contributed by atoms with Crippen molar-refractivity contribution >= 4 is 0 Å². The SMILES string of the molecule is CC#CCNC(C)c1ccccc1O. The summed E-state index contributed by atoms with van der Waals surface area (Å²) >= 11 is 0. The molecule has 0 saturated heterocycles. The molecular formula is C12H15NO. The lowest BCUT2D eigenvalue weighted by Crippen LogP contribution is -2.18. The minimum Gasteiger partial charge on any atom is -0.508 e. The Hall–Kier alpha value is -1.46. The van der Waals surface area contributed by atoms with Crippen LogP contribution in [0, 0.1) is 11.8 Å². The lowest BCUT2D eigenvalue weighted by atomic mass is 10.1. The minimum atomic E-state index is 0.122. The Morgan fingerprint density at radius 1 is 1.43 bits per heavy atom. The molecule has 1 aromatic carbocycles. The first-order chi connectivity index (χ1) is 6.75. The van der Waals surface area contributed by atoms with E-state index in [9.17, 15) is 5.11 Å². The van der Waals surface area contributed by atoms with E-state index in [-0.39, 0.29) is 6.04 Å². The number of phenols is 1. The van der Waals surface area contributed by atoms with Crippen LogP contribution in [-0.2, 0) is 0 Å². The maximum absolute atomic E-state index is 9.56. The zero-order chi connectivity index (χ0) is 10.4. The number of aromatic hydroxyl groups is 1.